The Morgan fingerprint density at radius 3 is 2.44 bits per heavy atom. The van der Waals surface area contributed by atoms with Gasteiger partial charge in [0.2, 0.25) is 0 Å². The van der Waals surface area contributed by atoms with Crippen LogP contribution in [0.25, 0.3) is 0 Å². The van der Waals surface area contributed by atoms with Crippen molar-refractivity contribution < 1.29 is 0 Å². The predicted molar refractivity (Wildman–Crippen MR) is 50.5 cm³/mol. The molecule has 0 aliphatic rings. The number of hydrogen-bond acceptors (Lipinski definition) is 2. The van der Waals surface area contributed by atoms with Gasteiger partial charge in [0.15, 0.2) is 0 Å². The van der Waals surface area contributed by atoms with Gasteiger partial charge in [-0.3, -0.25) is 0 Å². The summed E-state index contributed by atoms with van der Waals surface area (Å²) in [6, 6.07) is 0. The molecular formula is C7H14S2. The topological polar surface area (TPSA) is 0 Å². The van der Waals surface area contributed by atoms with Crippen molar-refractivity contribution in [2.75, 3.05) is 24.0 Å². The van der Waals surface area contributed by atoms with Crippen molar-refractivity contribution in [3.05, 3.63) is 12.2 Å². The maximum absolute atomic E-state index is 2.26. The first kappa shape index (κ1) is 9.44. The fraction of sp³-hybridized carbons (Fsp3) is 0.714. The van der Waals surface area contributed by atoms with Crippen molar-refractivity contribution in [2.24, 2.45) is 0 Å². The van der Waals surface area contributed by atoms with Crippen LogP contribution in [0.4, 0.5) is 0 Å². The maximum Gasteiger partial charge on any atom is 0.0110 e. The average molecular weight is 162 g/mol. The molecule has 0 saturated carbocycles. The third-order valence-electron chi connectivity index (χ3n) is 0.918. The lowest BCUT2D eigenvalue weighted by Crippen LogP contribution is -1.72. The van der Waals surface area contributed by atoms with Gasteiger partial charge in [-0.2, -0.15) is 23.5 Å². The van der Waals surface area contributed by atoms with Gasteiger partial charge in [-0.15, -0.1) is 0 Å². The lowest BCUT2D eigenvalue weighted by Gasteiger charge is -1.87. The van der Waals surface area contributed by atoms with E-state index in [1.165, 1.54) is 12.2 Å². The third kappa shape index (κ3) is 8.44. The molecule has 54 valence electrons. The standard InChI is InChI=1S/C7H14S2/c1-8-6-4-3-5-7-9-2/h3-4H,5-7H2,1-2H3. The Hall–Kier alpha value is 0.440. The summed E-state index contributed by atoms with van der Waals surface area (Å²) in [5, 5.41) is 0. The Kier molecular flexibility index (Phi) is 8.85. The van der Waals surface area contributed by atoms with E-state index in [4.69, 9.17) is 0 Å². The second kappa shape index (κ2) is 8.44. The molecule has 0 amide bonds. The van der Waals surface area contributed by atoms with Gasteiger partial charge in [0, 0.05) is 5.75 Å². The van der Waals surface area contributed by atoms with Crippen LogP contribution < -0.4 is 0 Å². The summed E-state index contributed by atoms with van der Waals surface area (Å²) in [5.74, 6) is 2.42. The highest BCUT2D eigenvalue weighted by molar-refractivity contribution is 7.98. The van der Waals surface area contributed by atoms with Crippen molar-refractivity contribution in [1.29, 1.82) is 0 Å². The van der Waals surface area contributed by atoms with Gasteiger partial charge in [0.25, 0.3) is 0 Å². The fourth-order valence-electron chi connectivity index (χ4n) is 0.468. The van der Waals surface area contributed by atoms with Crippen LogP contribution in [0, 0.1) is 0 Å². The summed E-state index contributed by atoms with van der Waals surface area (Å²) in [6.45, 7) is 0. The van der Waals surface area contributed by atoms with Gasteiger partial charge >= 0.3 is 0 Å². The van der Waals surface area contributed by atoms with E-state index in [0.717, 1.165) is 5.75 Å². The zero-order valence-electron chi connectivity index (χ0n) is 6.09. The average Bonchev–Trinajstić information content (AvgIpc) is 1.89. The number of hydrogen-bond donors (Lipinski definition) is 0. The van der Waals surface area contributed by atoms with E-state index in [0.29, 0.717) is 0 Å². The quantitative estimate of drug-likeness (QED) is 0.450. The molecule has 0 heterocycles. The van der Waals surface area contributed by atoms with Crippen LogP contribution in [0.3, 0.4) is 0 Å². The molecule has 0 N–H and O–H groups in total. The van der Waals surface area contributed by atoms with Crippen LogP contribution in [0.1, 0.15) is 6.42 Å². The second-order valence-electron chi connectivity index (χ2n) is 1.71. The summed E-state index contributed by atoms with van der Waals surface area (Å²) in [4.78, 5) is 0. The Morgan fingerprint density at radius 1 is 1.11 bits per heavy atom. The molecule has 0 unspecified atom stereocenters. The highest BCUT2D eigenvalue weighted by atomic mass is 32.2. The molecule has 0 aromatic rings. The Morgan fingerprint density at radius 2 is 1.89 bits per heavy atom. The summed E-state index contributed by atoms with van der Waals surface area (Å²) in [5.41, 5.74) is 0. The van der Waals surface area contributed by atoms with Gasteiger partial charge in [0.05, 0.1) is 0 Å². The maximum atomic E-state index is 2.26. The molecule has 0 spiro atoms. The van der Waals surface area contributed by atoms with Crippen molar-refractivity contribution in [2.45, 2.75) is 6.42 Å². The number of allylic oxidation sites excluding steroid dienone is 1. The van der Waals surface area contributed by atoms with Gasteiger partial charge in [-0.25, -0.2) is 0 Å². The summed E-state index contributed by atoms with van der Waals surface area (Å²) >= 11 is 3.77. The van der Waals surface area contributed by atoms with Gasteiger partial charge in [-0.1, -0.05) is 12.2 Å². The van der Waals surface area contributed by atoms with Crippen LogP contribution in [0.5, 0.6) is 0 Å². The molecule has 0 fully saturated rings. The molecule has 9 heavy (non-hydrogen) atoms. The molecule has 0 saturated heterocycles. The summed E-state index contributed by atoms with van der Waals surface area (Å²) in [6.07, 6.45) is 9.98. The summed E-state index contributed by atoms with van der Waals surface area (Å²) < 4.78 is 0. The molecule has 0 aromatic heterocycles. The Balaban J connectivity index is 2.86. The molecule has 2 heteroatoms. The molecular weight excluding hydrogens is 148 g/mol. The van der Waals surface area contributed by atoms with Crippen LogP contribution in [0.15, 0.2) is 12.2 Å². The Labute approximate surface area is 66.5 Å². The number of thioether (sulfide) groups is 2. The van der Waals surface area contributed by atoms with E-state index >= 15 is 0 Å². The molecule has 0 aromatic carbocycles. The first-order valence-electron chi connectivity index (χ1n) is 3.04. The van der Waals surface area contributed by atoms with Gasteiger partial charge < -0.3 is 0 Å². The van der Waals surface area contributed by atoms with Crippen LogP contribution in [-0.4, -0.2) is 24.0 Å². The molecule has 0 rings (SSSR count). The smallest absolute Gasteiger partial charge is 0.0110 e. The summed E-state index contributed by atoms with van der Waals surface area (Å²) in [7, 11) is 0. The minimum absolute atomic E-state index is 1.16. The normalized spacial score (nSPS) is 10.9. The minimum Gasteiger partial charge on any atom is -0.165 e. The first-order chi connectivity index (χ1) is 4.41. The van der Waals surface area contributed by atoms with Crippen LogP contribution in [0.2, 0.25) is 0 Å². The zero-order valence-corrected chi connectivity index (χ0v) is 7.73. The van der Waals surface area contributed by atoms with E-state index in [9.17, 15) is 0 Å². The molecule has 0 atom stereocenters. The zero-order chi connectivity index (χ0) is 6.95. The van der Waals surface area contributed by atoms with Gasteiger partial charge in [-0.05, 0) is 24.7 Å². The molecule has 0 aliphatic carbocycles. The number of rotatable bonds is 5. The monoisotopic (exact) mass is 162 g/mol. The first-order valence-corrected chi connectivity index (χ1v) is 5.83. The highest BCUT2D eigenvalue weighted by Crippen LogP contribution is 1.97. The van der Waals surface area contributed by atoms with Crippen LogP contribution in [-0.2, 0) is 0 Å². The van der Waals surface area contributed by atoms with Crippen molar-refractivity contribution in [3.63, 3.8) is 0 Å². The van der Waals surface area contributed by atoms with Gasteiger partial charge in [0.1, 0.15) is 0 Å². The molecule has 0 radical (unpaired) electrons. The van der Waals surface area contributed by atoms with E-state index in [2.05, 4.69) is 24.7 Å². The van der Waals surface area contributed by atoms with Crippen molar-refractivity contribution >= 4 is 23.5 Å². The predicted octanol–water partition coefficient (Wildman–Crippen LogP) is 2.66. The Bertz CT molecular complexity index is 69.3. The van der Waals surface area contributed by atoms with Crippen molar-refractivity contribution in [1.82, 2.24) is 0 Å². The molecule has 0 aliphatic heterocycles. The van der Waals surface area contributed by atoms with E-state index < -0.39 is 0 Å². The largest absolute Gasteiger partial charge is 0.165 e. The fourth-order valence-corrected chi connectivity index (χ4v) is 1.17. The third-order valence-corrected chi connectivity index (χ3v) is 2.09. The second-order valence-corrected chi connectivity index (χ2v) is 3.60. The van der Waals surface area contributed by atoms with E-state index in [-0.39, 0.29) is 0 Å². The lowest BCUT2D eigenvalue weighted by molar-refractivity contribution is 1.24. The highest BCUT2D eigenvalue weighted by Gasteiger charge is 1.76. The SMILES string of the molecule is CSCC=CCCSC. The van der Waals surface area contributed by atoms with Crippen LogP contribution >= 0.6 is 23.5 Å². The lowest BCUT2D eigenvalue weighted by atomic mass is 10.4. The molecule has 0 nitrogen and oxygen atoms in total. The van der Waals surface area contributed by atoms with E-state index in [1.54, 1.807) is 0 Å². The minimum atomic E-state index is 1.16. The van der Waals surface area contributed by atoms with Crippen molar-refractivity contribution in [3.8, 4) is 0 Å². The van der Waals surface area contributed by atoms with E-state index in [1.807, 2.05) is 23.5 Å². The molecule has 0 bridgehead atoms.